The lowest BCUT2D eigenvalue weighted by molar-refractivity contribution is -0.139. The molecule has 1 aliphatic rings. The summed E-state index contributed by atoms with van der Waals surface area (Å²) in [6.45, 7) is 6.11. The molecule has 27 heteroatoms. The Morgan fingerprint density at radius 1 is 0.944 bits per heavy atom. The largest absolute Gasteiger partial charge is 0.469 e. The first-order chi connectivity index (χ1) is 33.9. The predicted molar refractivity (Wildman–Crippen MR) is 250 cm³/mol. The number of ether oxygens (including phenoxy) is 1. The van der Waals surface area contributed by atoms with E-state index in [0.717, 1.165) is 38.1 Å². The second-order valence-corrected chi connectivity index (χ2v) is 18.6. The number of amides is 6. The van der Waals surface area contributed by atoms with E-state index >= 15 is 0 Å². The van der Waals surface area contributed by atoms with Crippen LogP contribution in [0.2, 0.25) is 0 Å². The predicted octanol–water partition coefficient (Wildman–Crippen LogP) is 2.21. The first kappa shape index (κ1) is 58.1. The molecule has 1 aliphatic heterocycles. The van der Waals surface area contributed by atoms with Gasteiger partial charge in [0.05, 0.1) is 30.8 Å². The van der Waals surface area contributed by atoms with Crippen molar-refractivity contribution in [2.75, 3.05) is 19.8 Å². The molecule has 2 aromatic heterocycles. The maximum absolute atomic E-state index is 14.1. The standard InChI is InChI=1S/C45H62F3N10O13P/c1-27(2)20-34(54-44(65)37-10-9-18-58(37)29(4)60)41(62)53-35(42(63)55-36(25-59)43(64)56-39(40(49)61)28(3)71-72(66,67)68)22-32-24-50-26-57(32)17-7-5-6-8-19-69-52-23-30-11-13-33(14-12-30)70-38-21-31(15-16-51-38)45(46,47)48/h11-16,21,23-24,26-28,34-37,39,59H,5-10,17-20,22,25H2,1-4H3,(H2,49,61)(H,53,62)(H,54,65)(H,55,63)(H,56,64)(H2,66,67,68)/b52-23+/t28-,34+,35+,36+,37+,39+/m1/s1. The number of rotatable bonds is 28. The number of aromatic nitrogens is 3. The van der Waals surface area contributed by atoms with Crippen LogP contribution in [-0.4, -0.2) is 132 Å². The number of unbranched alkanes of at least 4 members (excludes halogenated alkanes) is 3. The highest BCUT2D eigenvalue weighted by molar-refractivity contribution is 7.46. The highest BCUT2D eigenvalue weighted by Gasteiger charge is 2.38. The van der Waals surface area contributed by atoms with Crippen molar-refractivity contribution in [1.29, 1.82) is 0 Å². The van der Waals surface area contributed by atoms with Crippen LogP contribution in [0, 0.1) is 5.92 Å². The number of oxime groups is 1. The van der Waals surface area contributed by atoms with E-state index in [1.54, 1.807) is 28.8 Å². The number of imidazole rings is 1. The second kappa shape index (κ2) is 27.4. The van der Waals surface area contributed by atoms with E-state index in [2.05, 4.69) is 40.9 Å². The summed E-state index contributed by atoms with van der Waals surface area (Å²) < 4.78 is 62.2. The Balaban J connectivity index is 1.37. The van der Waals surface area contributed by atoms with Crippen LogP contribution in [0.1, 0.15) is 89.5 Å². The molecule has 6 amide bonds. The fraction of sp³-hybridized carbons (Fsp3) is 0.533. The van der Waals surface area contributed by atoms with Crippen molar-refractivity contribution in [3.8, 4) is 11.6 Å². The minimum Gasteiger partial charge on any atom is -0.439 e. The maximum atomic E-state index is 14.1. The number of alkyl halides is 3. The third-order valence-electron chi connectivity index (χ3n) is 11.2. The zero-order valence-electron chi connectivity index (χ0n) is 40.1. The third kappa shape index (κ3) is 18.9. The van der Waals surface area contributed by atoms with Crippen LogP contribution < -0.4 is 31.7 Å². The highest BCUT2D eigenvalue weighted by Crippen LogP contribution is 2.38. The van der Waals surface area contributed by atoms with E-state index in [0.29, 0.717) is 56.6 Å². The minimum absolute atomic E-state index is 0.130. The number of phosphoric acid groups is 1. The molecular weight excluding hydrogens is 977 g/mol. The number of nitrogens with one attached hydrogen (secondary N) is 4. The number of pyridine rings is 1. The summed E-state index contributed by atoms with van der Waals surface area (Å²) in [5.41, 5.74) is 5.60. The van der Waals surface area contributed by atoms with Gasteiger partial charge in [-0.15, -0.1) is 0 Å². The summed E-state index contributed by atoms with van der Waals surface area (Å²) in [7, 11) is -5.15. The number of benzene rings is 1. The van der Waals surface area contributed by atoms with Gasteiger partial charge >= 0.3 is 14.0 Å². The minimum atomic E-state index is -5.15. The molecule has 0 saturated carbocycles. The number of aliphatic hydroxyl groups is 1. The number of hydrogen-bond donors (Lipinski definition) is 8. The van der Waals surface area contributed by atoms with Crippen molar-refractivity contribution in [3.05, 3.63) is 71.9 Å². The zero-order valence-corrected chi connectivity index (χ0v) is 41.0. The number of nitrogens with two attached hydrogens (primary N) is 1. The van der Waals surface area contributed by atoms with Crippen LogP contribution in [0.15, 0.2) is 60.3 Å². The number of halogens is 3. The number of carbonyl (C=O) groups excluding carboxylic acids is 6. The SMILES string of the molecule is CC(=O)N1CCC[C@H]1C(=O)N[C@@H](CC(C)C)C(=O)N[C@@H](Cc1cncn1CCCCCCO/N=C/c1ccc(Oc2cc(C(F)(F)F)ccn2)cc1)C(=O)N[C@@H](CO)C(=O)N[C@H](C(N)=O)[C@@H](C)OP(=O)(O)O. The summed E-state index contributed by atoms with van der Waals surface area (Å²) in [6, 6.07) is 1.01. The number of phosphoric ester groups is 1. The quantitative estimate of drug-likeness (QED) is 0.0224. The van der Waals surface area contributed by atoms with Crippen LogP contribution in [0.5, 0.6) is 11.6 Å². The number of nitrogens with zero attached hydrogens (tertiary/aromatic N) is 5. The molecule has 1 fully saturated rings. The van der Waals surface area contributed by atoms with Crippen molar-refractivity contribution >= 4 is 49.5 Å². The van der Waals surface area contributed by atoms with Gasteiger partial charge in [-0.3, -0.25) is 33.3 Å². The fourth-order valence-electron chi connectivity index (χ4n) is 7.55. The molecule has 1 saturated heterocycles. The van der Waals surface area contributed by atoms with Crippen molar-refractivity contribution in [3.63, 3.8) is 0 Å². The van der Waals surface area contributed by atoms with Crippen LogP contribution in [0.25, 0.3) is 0 Å². The topological polar surface area (TPSA) is 328 Å². The Morgan fingerprint density at radius 2 is 1.61 bits per heavy atom. The van der Waals surface area contributed by atoms with Gasteiger partial charge < -0.3 is 60.9 Å². The zero-order chi connectivity index (χ0) is 53.2. The molecule has 0 unspecified atom stereocenters. The number of carbonyl (C=O) groups is 6. The summed E-state index contributed by atoms with van der Waals surface area (Å²) in [5, 5.41) is 24.0. The molecule has 72 heavy (non-hydrogen) atoms. The average molecular weight is 1040 g/mol. The van der Waals surface area contributed by atoms with E-state index in [1.807, 2.05) is 13.8 Å². The Kier molecular flexibility index (Phi) is 22.1. The van der Waals surface area contributed by atoms with Crippen molar-refractivity contribution < 1.29 is 75.5 Å². The Labute approximate surface area is 413 Å². The Morgan fingerprint density at radius 3 is 2.25 bits per heavy atom. The lowest BCUT2D eigenvalue weighted by atomic mass is 10.0. The van der Waals surface area contributed by atoms with Crippen LogP contribution in [-0.2, 0) is 61.8 Å². The summed E-state index contributed by atoms with van der Waals surface area (Å²) in [6.07, 6.45) is 3.01. The van der Waals surface area contributed by atoms with Gasteiger partial charge in [-0.25, -0.2) is 14.5 Å². The number of aryl methyl sites for hydroxylation is 1. The maximum Gasteiger partial charge on any atom is 0.469 e. The number of likely N-dealkylation sites (tertiary alicyclic amines) is 1. The van der Waals surface area contributed by atoms with Crippen LogP contribution in [0.3, 0.4) is 0 Å². The van der Waals surface area contributed by atoms with Crippen molar-refractivity contribution in [2.24, 2.45) is 16.8 Å². The van der Waals surface area contributed by atoms with Crippen molar-refractivity contribution in [2.45, 2.75) is 128 Å². The lowest BCUT2D eigenvalue weighted by Gasteiger charge is -2.28. The van der Waals surface area contributed by atoms with E-state index in [4.69, 9.17) is 15.3 Å². The van der Waals surface area contributed by atoms with E-state index in [9.17, 15) is 61.4 Å². The molecule has 23 nitrogen and oxygen atoms in total. The normalized spacial score (nSPS) is 16.1. The Hall–Kier alpha value is -6.47. The lowest BCUT2D eigenvalue weighted by Crippen LogP contribution is -2.61. The summed E-state index contributed by atoms with van der Waals surface area (Å²) in [4.78, 5) is 113. The highest BCUT2D eigenvalue weighted by atomic mass is 31.2. The molecule has 3 aromatic rings. The van der Waals surface area contributed by atoms with Gasteiger partial charge in [0.15, 0.2) is 0 Å². The smallest absolute Gasteiger partial charge is 0.439 e. The first-order valence-corrected chi connectivity index (χ1v) is 24.6. The monoisotopic (exact) mass is 1040 g/mol. The Bertz CT molecular complexity index is 2390. The van der Waals surface area contributed by atoms with E-state index in [1.165, 1.54) is 30.6 Å². The fourth-order valence-corrected chi connectivity index (χ4v) is 8.11. The number of hydrogen-bond acceptors (Lipinski definition) is 14. The van der Waals surface area contributed by atoms with Gasteiger partial charge in [0.2, 0.25) is 41.3 Å². The second-order valence-electron chi connectivity index (χ2n) is 17.4. The van der Waals surface area contributed by atoms with Gasteiger partial charge in [-0.05, 0) is 87.3 Å². The molecule has 1 aromatic carbocycles. The van der Waals surface area contributed by atoms with E-state index < -0.39 is 92.0 Å². The third-order valence-corrected chi connectivity index (χ3v) is 11.8. The van der Waals surface area contributed by atoms with Gasteiger partial charge in [0.25, 0.3) is 0 Å². The van der Waals surface area contributed by atoms with Crippen molar-refractivity contribution in [1.82, 2.24) is 40.7 Å². The van der Waals surface area contributed by atoms with Crippen LogP contribution in [0.4, 0.5) is 13.2 Å². The van der Waals surface area contributed by atoms with Gasteiger partial charge in [-0.1, -0.05) is 25.4 Å². The van der Waals surface area contributed by atoms with Gasteiger partial charge in [0.1, 0.15) is 42.6 Å². The number of primary amides is 1. The first-order valence-electron chi connectivity index (χ1n) is 23.0. The number of aliphatic hydroxyl groups excluding tert-OH is 1. The molecule has 3 heterocycles. The van der Waals surface area contributed by atoms with Gasteiger partial charge in [0, 0.05) is 50.6 Å². The van der Waals surface area contributed by atoms with Gasteiger partial charge in [-0.2, -0.15) is 13.2 Å². The molecule has 0 spiro atoms. The van der Waals surface area contributed by atoms with Crippen LogP contribution >= 0.6 is 7.82 Å². The molecule has 4 rings (SSSR count). The van der Waals surface area contributed by atoms with E-state index in [-0.39, 0.29) is 36.3 Å². The average Bonchev–Trinajstić information content (AvgIpc) is 3.99. The molecule has 0 aliphatic carbocycles. The molecule has 9 N–H and O–H groups in total. The summed E-state index contributed by atoms with van der Waals surface area (Å²) in [5.74, 6) is -5.08. The summed E-state index contributed by atoms with van der Waals surface area (Å²) >= 11 is 0. The molecule has 0 radical (unpaired) electrons. The molecule has 0 bridgehead atoms. The molecule has 6 atom stereocenters. The molecule has 396 valence electrons. The molecular formula is C45H62F3N10O13P.